The van der Waals surface area contributed by atoms with Gasteiger partial charge in [0.25, 0.3) is 0 Å². The number of hydrogen-bond acceptors (Lipinski definition) is 40. The van der Waals surface area contributed by atoms with E-state index < -0.39 is 330 Å². The topological polar surface area (TPSA) is 638 Å². The first-order valence-electron chi connectivity index (χ1n) is 41.5. The van der Waals surface area contributed by atoms with E-state index in [-0.39, 0.29) is 43.1 Å². The van der Waals surface area contributed by atoms with Crippen LogP contribution in [0.5, 0.6) is 0 Å². The molecule has 44 atom stereocenters. The van der Waals surface area contributed by atoms with Crippen molar-refractivity contribution < 1.29 is 198 Å². The Balaban J connectivity index is 0.860. The molecule has 23 N–H and O–H groups in total. The Morgan fingerprint density at radius 2 is 1.01 bits per heavy atom. The molecule has 0 aromatic heterocycles. The van der Waals surface area contributed by atoms with Gasteiger partial charge in [0, 0.05) is 11.8 Å². The van der Waals surface area contributed by atoms with Gasteiger partial charge in [-0.05, 0) is 111 Å². The van der Waals surface area contributed by atoms with E-state index in [9.17, 15) is 122 Å². The zero-order chi connectivity index (χ0) is 88.1. The molecule has 0 amide bonds. The molecule has 5 aliphatic carbocycles. The van der Waals surface area contributed by atoms with Crippen LogP contribution in [0, 0.1) is 50.2 Å². The highest BCUT2D eigenvalue weighted by molar-refractivity contribution is 5.89. The molecule has 7 saturated heterocycles. The summed E-state index contributed by atoms with van der Waals surface area (Å²) < 4.78 is 91.6. The van der Waals surface area contributed by atoms with Crippen molar-refractivity contribution in [2.24, 2.45) is 50.2 Å². The molecular formula is C80H128O40. The third-order valence-corrected chi connectivity index (χ3v) is 29.3. The highest BCUT2D eigenvalue weighted by atomic mass is 16.8. The van der Waals surface area contributed by atoms with E-state index in [0.29, 0.717) is 32.1 Å². The third-order valence-electron chi connectivity index (χ3n) is 29.3. The molecule has 1 unspecified atom stereocenters. The van der Waals surface area contributed by atoms with Gasteiger partial charge in [-0.2, -0.15) is 0 Å². The quantitative estimate of drug-likeness (QED) is 0.0166. The van der Waals surface area contributed by atoms with Crippen LogP contribution in [0.2, 0.25) is 0 Å². The number of hydrogen-bond donors (Lipinski definition) is 23. The van der Waals surface area contributed by atoms with Gasteiger partial charge in [-0.3, -0.25) is 4.79 Å². The van der Waals surface area contributed by atoms with Crippen molar-refractivity contribution >= 4 is 11.9 Å². The molecule has 7 heterocycles. The van der Waals surface area contributed by atoms with Crippen molar-refractivity contribution in [3.8, 4) is 0 Å². The molecule has 0 radical (unpaired) electrons. The lowest BCUT2D eigenvalue weighted by Crippen LogP contribution is -2.70. The summed E-state index contributed by atoms with van der Waals surface area (Å²) in [4.78, 5) is 31.1. The number of rotatable bonds is 26. The molecule has 12 aliphatic rings. The minimum absolute atomic E-state index is 0.00807. The van der Waals surface area contributed by atoms with Crippen molar-refractivity contribution in [2.75, 3.05) is 46.2 Å². The van der Waals surface area contributed by atoms with Crippen LogP contribution in [0.3, 0.4) is 0 Å². The Bertz CT molecular complexity index is 3530. The molecule has 120 heavy (non-hydrogen) atoms. The molecule has 12 rings (SSSR count). The predicted octanol–water partition coefficient (Wildman–Crippen LogP) is -7.13. The van der Waals surface area contributed by atoms with Crippen LogP contribution in [-0.4, -0.2) is 402 Å². The molecule has 0 bridgehead atoms. The van der Waals surface area contributed by atoms with E-state index in [1.807, 2.05) is 34.6 Å². The summed E-state index contributed by atoms with van der Waals surface area (Å²) in [6.07, 6.45) is -57.6. The monoisotopic (exact) mass is 1730 g/mol. The molecule has 688 valence electrons. The molecule has 7 aliphatic heterocycles. The highest BCUT2D eigenvalue weighted by Gasteiger charge is 2.74. The second-order valence-corrected chi connectivity index (χ2v) is 37.3. The summed E-state index contributed by atoms with van der Waals surface area (Å²) in [5.41, 5.74) is -7.20. The first-order valence-corrected chi connectivity index (χ1v) is 41.5. The maximum atomic E-state index is 16.6. The Hall–Kier alpha value is -3.28. The molecule has 40 nitrogen and oxygen atoms in total. The van der Waals surface area contributed by atoms with E-state index in [4.69, 9.17) is 71.1 Å². The third kappa shape index (κ3) is 17.4. The lowest BCUT2D eigenvalue weighted by molar-refractivity contribution is -0.390. The van der Waals surface area contributed by atoms with E-state index in [0.717, 1.165) is 5.57 Å². The number of fused-ring (bicyclic) bond motifs is 7. The highest BCUT2D eigenvalue weighted by Crippen LogP contribution is 2.76. The number of aliphatic hydroxyl groups is 23. The molecular weight excluding hydrogens is 1600 g/mol. The number of esters is 2. The van der Waals surface area contributed by atoms with Crippen LogP contribution >= 0.6 is 0 Å². The first-order chi connectivity index (χ1) is 56.3. The molecule has 11 fully saturated rings. The van der Waals surface area contributed by atoms with E-state index >= 15 is 4.79 Å². The van der Waals surface area contributed by atoms with Crippen molar-refractivity contribution in [1.82, 2.24) is 0 Å². The molecule has 0 aromatic rings. The largest absolute Gasteiger partial charge is 0.458 e. The average molecular weight is 1730 g/mol. The van der Waals surface area contributed by atoms with Crippen LogP contribution in [-0.2, 0) is 80.6 Å². The van der Waals surface area contributed by atoms with Gasteiger partial charge in [0.1, 0.15) is 158 Å². The number of aliphatic hydroxyl groups excluding tert-OH is 22. The Kier molecular flexibility index (Phi) is 29.6. The predicted molar refractivity (Wildman–Crippen MR) is 399 cm³/mol. The lowest BCUT2D eigenvalue weighted by Gasteiger charge is -2.72. The summed E-state index contributed by atoms with van der Waals surface area (Å²) in [7, 11) is 0. The Morgan fingerprint density at radius 1 is 0.517 bits per heavy atom. The standard InChI is InChI=1S/C80H128O40/c1-11-76(7,105)18-12-13-32(24-81)65(103)114-45-23-80(73(104)120-72-64(54(96)49(91)38(27-84)112-72)119-70-60(102)62(117-68-58(100)52(94)47(89)36(25-82)109-68)61(31(2)108-70)116-67-57(99)50(92)39(28-85)111-67)34(21-74(45,3)4)33-14-15-42-77(8)19-17-44(75(5,6)41(77)16-20-78(42,9)79(33,10)22-43(80)87)115-71-63(118-69-59(101)53(95)48(90)37(26-83)110-69)55(97)51(93)40(113-71)30-107-66-56(98)46(88)35(86)29-106-66/h11,13-14,31,34-64,66-72,81-102,105H,1,12,15-30H2,2-10H3/b32-13+/t31-,34-,35-,36+,37+,38+,39-,40+,41-,42+,43+,44-,45-,46-,47+,48+,49+,50-,51+,52-,53-,54-,55-,56+,57+,58+,59+,60+,61-,62-,63+,64+,66-,67-,68-,69-,70-,71-,72-,76?,77-,78+,79+,80+/m0/s1. The summed E-state index contributed by atoms with van der Waals surface area (Å²) in [6.45, 7) is 15.2. The summed E-state index contributed by atoms with van der Waals surface area (Å²) in [5.74, 6) is -3.63. The van der Waals surface area contributed by atoms with Gasteiger partial charge in [0.05, 0.1) is 75.7 Å². The zero-order valence-corrected chi connectivity index (χ0v) is 68.7. The van der Waals surface area contributed by atoms with Crippen LogP contribution in [0.25, 0.3) is 0 Å². The number of allylic oxidation sites excluding steroid dienone is 3. The zero-order valence-electron chi connectivity index (χ0n) is 68.7. The molecule has 4 saturated carbocycles. The SMILES string of the molecule is C=CC(C)(O)CC/C=C(\CO)C(=O)O[C@H]1C[C@]2(C(=O)O[C@@H]3O[C@H](CO)[C@@H](O)[C@H](O)[C@H]3O[C@@H]3O[C@@H](C)[C@H](O[C@@H]4O[C@@H](CO)[C@H](O)[C@H]4O)[C@@H](O[C@@H]4O[C@H](CO)[C@@H](O)[C@H](O)[C@H]4O)[C@H]3O)[C@H](O)C[C@]3(C)C(=CC[C@@H]4[C@@]5(C)CC[C@H](O[C@@H]6O[C@H](CO[C@@H]7OC[C@H](O)[C@H](O)[C@H]7O)[C@@H](O)[C@H](O)[C@H]6O[C@@H]6O[C@H](CO)[C@@H](O)[C@H](O)[C@H]6O)C(C)(C)[C@@H]5CC[C@]43C)[C@@H]2CC1(C)C. The van der Waals surface area contributed by atoms with E-state index in [1.165, 1.54) is 26.0 Å². The Morgan fingerprint density at radius 3 is 1.57 bits per heavy atom. The molecule has 0 aromatic carbocycles. The van der Waals surface area contributed by atoms with Gasteiger partial charge in [-0.15, -0.1) is 6.58 Å². The van der Waals surface area contributed by atoms with Gasteiger partial charge >= 0.3 is 11.9 Å². The fourth-order valence-corrected chi connectivity index (χ4v) is 21.6. The van der Waals surface area contributed by atoms with Gasteiger partial charge < -0.3 is 189 Å². The van der Waals surface area contributed by atoms with Crippen LogP contribution in [0.15, 0.2) is 36.0 Å². The number of ether oxygens (including phenoxy) is 15. The van der Waals surface area contributed by atoms with Gasteiger partial charge in [-0.25, -0.2) is 4.79 Å². The second-order valence-electron chi connectivity index (χ2n) is 37.3. The van der Waals surface area contributed by atoms with Crippen LogP contribution in [0.1, 0.15) is 127 Å². The molecule has 0 spiro atoms. The van der Waals surface area contributed by atoms with Crippen molar-refractivity contribution in [3.63, 3.8) is 0 Å². The lowest BCUT2D eigenvalue weighted by atomic mass is 9.33. The molecule has 40 heteroatoms. The van der Waals surface area contributed by atoms with Gasteiger partial charge in [0.15, 0.2) is 43.8 Å². The van der Waals surface area contributed by atoms with Crippen LogP contribution in [0.4, 0.5) is 0 Å². The minimum atomic E-state index is -2.26. The van der Waals surface area contributed by atoms with Crippen molar-refractivity contribution in [3.05, 3.63) is 36.0 Å². The summed E-state index contributed by atoms with van der Waals surface area (Å²) in [6, 6.07) is 0. The number of carbonyl (C=O) groups is 2. The van der Waals surface area contributed by atoms with E-state index in [2.05, 4.69) is 26.5 Å². The fraction of sp³-hybridized carbons (Fsp3) is 0.900. The smallest absolute Gasteiger partial charge is 0.336 e. The van der Waals surface area contributed by atoms with Gasteiger partial charge in [0.2, 0.25) is 6.29 Å². The first kappa shape index (κ1) is 95.8. The van der Waals surface area contributed by atoms with Crippen LogP contribution < -0.4 is 0 Å². The summed E-state index contributed by atoms with van der Waals surface area (Å²) >= 11 is 0. The fourth-order valence-electron chi connectivity index (χ4n) is 21.6. The van der Waals surface area contributed by atoms with Crippen molar-refractivity contribution in [1.29, 1.82) is 0 Å². The second kappa shape index (κ2) is 37.1. The Labute approximate surface area is 693 Å². The number of carbonyl (C=O) groups excluding carboxylic acids is 2. The maximum Gasteiger partial charge on any atom is 0.336 e. The minimum Gasteiger partial charge on any atom is -0.458 e. The van der Waals surface area contributed by atoms with Crippen molar-refractivity contribution in [2.45, 2.75) is 353 Å². The average Bonchev–Trinajstić information content (AvgIpc) is 0.718. The van der Waals surface area contributed by atoms with Gasteiger partial charge in [-0.1, -0.05) is 72.3 Å². The maximum absolute atomic E-state index is 16.6. The summed E-state index contributed by atoms with van der Waals surface area (Å²) in [5, 5.41) is 255. The normalized spacial score (nSPS) is 50.7. The van der Waals surface area contributed by atoms with E-state index in [1.54, 1.807) is 0 Å².